The zero-order valence-corrected chi connectivity index (χ0v) is 17.6. The van der Waals surface area contributed by atoms with Crippen molar-refractivity contribution < 1.29 is 9.53 Å². The average Bonchev–Trinajstić information content (AvgIpc) is 3.40. The van der Waals surface area contributed by atoms with E-state index in [1.165, 1.54) is 11.8 Å². The van der Waals surface area contributed by atoms with Gasteiger partial charge in [-0.3, -0.25) is 9.36 Å². The molecule has 5 rings (SSSR count). The molecule has 0 saturated heterocycles. The Hall–Kier alpha value is -3.06. The Morgan fingerprint density at radius 2 is 1.93 bits per heavy atom. The number of carbonyl (C=O) groups excluding carboxylic acids is 1. The number of methoxy groups -OCH3 is 1. The largest absolute Gasteiger partial charge is 0.497 e. The lowest BCUT2D eigenvalue weighted by Gasteiger charge is -2.12. The molecule has 0 radical (unpaired) electrons. The highest BCUT2D eigenvalue weighted by atomic mass is 32.2. The van der Waals surface area contributed by atoms with Crippen LogP contribution in [0, 0.1) is 0 Å². The van der Waals surface area contributed by atoms with E-state index in [0.717, 1.165) is 46.0 Å². The minimum absolute atomic E-state index is 0.0710. The lowest BCUT2D eigenvalue weighted by atomic mass is 10.1. The van der Waals surface area contributed by atoms with Crippen LogP contribution in [-0.2, 0) is 0 Å². The molecule has 1 atom stereocenters. The third-order valence-corrected chi connectivity index (χ3v) is 6.49. The Kier molecular flexibility index (Phi) is 4.83. The van der Waals surface area contributed by atoms with Crippen LogP contribution >= 0.6 is 11.8 Å². The van der Waals surface area contributed by atoms with E-state index in [0.29, 0.717) is 11.6 Å². The van der Waals surface area contributed by atoms with E-state index in [-0.39, 0.29) is 11.0 Å². The van der Waals surface area contributed by atoms with Gasteiger partial charge in [-0.15, -0.1) is 10.2 Å². The summed E-state index contributed by atoms with van der Waals surface area (Å²) in [5, 5.41) is 10.7. The summed E-state index contributed by atoms with van der Waals surface area (Å²) in [6.45, 7) is 1.93. The van der Waals surface area contributed by atoms with E-state index in [4.69, 9.17) is 4.74 Å². The molecule has 1 saturated carbocycles. The second kappa shape index (κ2) is 7.65. The fraction of sp³-hybridized carbons (Fsp3) is 0.261. The van der Waals surface area contributed by atoms with E-state index >= 15 is 0 Å². The van der Waals surface area contributed by atoms with Gasteiger partial charge in [0.05, 0.1) is 12.4 Å². The molecule has 1 N–H and O–H groups in total. The van der Waals surface area contributed by atoms with E-state index < -0.39 is 0 Å². The predicted molar refractivity (Wildman–Crippen MR) is 118 cm³/mol. The van der Waals surface area contributed by atoms with Gasteiger partial charge in [-0.05, 0) is 50.1 Å². The van der Waals surface area contributed by atoms with Gasteiger partial charge in [0.25, 0.3) is 0 Å². The second-order valence-electron chi connectivity index (χ2n) is 7.51. The highest BCUT2D eigenvalue weighted by Crippen LogP contribution is 2.43. The SMILES string of the molecule is COc1ccc(C(=O)[C@@H](C)Sc2nnc(-c3c[nH]c4ccccc34)n2C2CC2)cc1. The lowest BCUT2D eigenvalue weighted by Crippen LogP contribution is -2.14. The number of nitrogens with zero attached hydrogens (tertiary/aromatic N) is 3. The monoisotopic (exact) mass is 418 g/mol. The molecule has 4 aromatic rings. The Bertz CT molecular complexity index is 1210. The molecule has 1 aliphatic rings. The van der Waals surface area contributed by atoms with Crippen molar-refractivity contribution in [1.82, 2.24) is 19.7 Å². The number of fused-ring (bicyclic) bond motifs is 1. The van der Waals surface area contributed by atoms with Crippen molar-refractivity contribution in [2.75, 3.05) is 7.11 Å². The topological polar surface area (TPSA) is 72.8 Å². The normalized spacial score (nSPS) is 14.7. The van der Waals surface area contributed by atoms with Gasteiger partial charge in [-0.2, -0.15) is 0 Å². The third kappa shape index (κ3) is 3.39. The van der Waals surface area contributed by atoms with Crippen LogP contribution in [-0.4, -0.2) is 37.9 Å². The molecule has 152 valence electrons. The number of para-hydroxylation sites is 1. The summed E-state index contributed by atoms with van der Waals surface area (Å²) in [6, 6.07) is 15.8. The lowest BCUT2D eigenvalue weighted by molar-refractivity contribution is 0.0994. The molecule has 2 heterocycles. The molecule has 2 aromatic heterocycles. The summed E-state index contributed by atoms with van der Waals surface area (Å²) in [5.74, 6) is 1.67. The summed E-state index contributed by atoms with van der Waals surface area (Å²) < 4.78 is 7.39. The molecule has 0 spiro atoms. The number of H-pyrrole nitrogens is 1. The summed E-state index contributed by atoms with van der Waals surface area (Å²) >= 11 is 1.47. The summed E-state index contributed by atoms with van der Waals surface area (Å²) in [6.07, 6.45) is 4.22. The molecule has 0 aliphatic heterocycles. The predicted octanol–water partition coefficient (Wildman–Crippen LogP) is 5.13. The van der Waals surface area contributed by atoms with Crippen molar-refractivity contribution in [2.45, 2.75) is 36.2 Å². The van der Waals surface area contributed by atoms with Crippen molar-refractivity contribution in [3.05, 3.63) is 60.3 Å². The number of ketones is 1. The molecule has 0 unspecified atom stereocenters. The Labute approximate surface area is 178 Å². The number of carbonyl (C=O) groups is 1. The molecule has 6 nitrogen and oxygen atoms in total. The highest BCUT2D eigenvalue weighted by molar-refractivity contribution is 8.00. The van der Waals surface area contributed by atoms with Crippen molar-refractivity contribution in [3.63, 3.8) is 0 Å². The van der Waals surface area contributed by atoms with Crippen LogP contribution in [0.1, 0.15) is 36.2 Å². The highest BCUT2D eigenvalue weighted by Gasteiger charge is 2.32. The third-order valence-electron chi connectivity index (χ3n) is 5.43. The van der Waals surface area contributed by atoms with Crippen LogP contribution in [0.5, 0.6) is 5.75 Å². The number of benzene rings is 2. The van der Waals surface area contributed by atoms with Gasteiger partial charge >= 0.3 is 0 Å². The Morgan fingerprint density at radius 3 is 2.67 bits per heavy atom. The van der Waals surface area contributed by atoms with Crippen molar-refractivity contribution in [1.29, 1.82) is 0 Å². The van der Waals surface area contributed by atoms with Gasteiger partial charge in [0, 0.05) is 34.3 Å². The van der Waals surface area contributed by atoms with Gasteiger partial charge in [0.1, 0.15) is 5.75 Å². The maximum absolute atomic E-state index is 12.9. The van der Waals surface area contributed by atoms with Crippen molar-refractivity contribution >= 4 is 28.4 Å². The summed E-state index contributed by atoms with van der Waals surface area (Å²) in [4.78, 5) is 16.3. The molecule has 30 heavy (non-hydrogen) atoms. The fourth-order valence-corrected chi connectivity index (χ4v) is 4.66. The minimum atomic E-state index is -0.268. The van der Waals surface area contributed by atoms with Gasteiger partial charge in [0.2, 0.25) is 0 Å². The first-order valence-electron chi connectivity index (χ1n) is 10.0. The number of Topliss-reactive ketones (excluding diaryl/α,β-unsaturated/α-hetero) is 1. The second-order valence-corrected chi connectivity index (χ2v) is 8.82. The first-order valence-corrected chi connectivity index (χ1v) is 10.9. The van der Waals surface area contributed by atoms with Crippen LogP contribution in [0.4, 0.5) is 0 Å². The molecule has 1 aliphatic carbocycles. The zero-order valence-electron chi connectivity index (χ0n) is 16.8. The summed E-state index contributed by atoms with van der Waals surface area (Å²) in [7, 11) is 1.62. The first-order chi connectivity index (χ1) is 14.7. The molecule has 2 aromatic carbocycles. The molecule has 7 heteroatoms. The van der Waals surface area contributed by atoms with E-state index in [1.807, 2.05) is 37.4 Å². The zero-order chi connectivity index (χ0) is 20.7. The number of thioether (sulfide) groups is 1. The van der Waals surface area contributed by atoms with Crippen LogP contribution in [0.25, 0.3) is 22.3 Å². The summed E-state index contributed by atoms with van der Waals surface area (Å²) in [5.41, 5.74) is 2.80. The Morgan fingerprint density at radius 1 is 1.17 bits per heavy atom. The number of rotatable bonds is 7. The number of aromatic nitrogens is 4. The van der Waals surface area contributed by atoms with E-state index in [1.54, 1.807) is 19.2 Å². The number of nitrogens with one attached hydrogen (secondary N) is 1. The Balaban J connectivity index is 1.44. The average molecular weight is 419 g/mol. The first kappa shape index (κ1) is 18.9. The minimum Gasteiger partial charge on any atom is -0.497 e. The molecule has 0 amide bonds. The van der Waals surface area contributed by atoms with Gasteiger partial charge < -0.3 is 9.72 Å². The van der Waals surface area contributed by atoms with E-state index in [9.17, 15) is 4.79 Å². The quantitative estimate of drug-likeness (QED) is 0.333. The number of hydrogen-bond acceptors (Lipinski definition) is 5. The van der Waals surface area contributed by atoms with E-state index in [2.05, 4.69) is 31.9 Å². The van der Waals surface area contributed by atoms with Crippen LogP contribution in [0.2, 0.25) is 0 Å². The maximum Gasteiger partial charge on any atom is 0.192 e. The molecule has 0 bridgehead atoms. The number of aromatic amines is 1. The van der Waals surface area contributed by atoms with Crippen LogP contribution in [0.15, 0.2) is 59.9 Å². The van der Waals surface area contributed by atoms with Gasteiger partial charge in [0.15, 0.2) is 16.8 Å². The van der Waals surface area contributed by atoms with Crippen molar-refractivity contribution in [3.8, 4) is 17.1 Å². The molecule has 1 fully saturated rings. The number of ether oxygens (including phenoxy) is 1. The maximum atomic E-state index is 12.9. The molecular formula is C23H22N4O2S. The number of hydrogen-bond donors (Lipinski definition) is 1. The smallest absolute Gasteiger partial charge is 0.192 e. The van der Waals surface area contributed by atoms with Gasteiger partial charge in [-0.1, -0.05) is 30.0 Å². The van der Waals surface area contributed by atoms with Gasteiger partial charge in [-0.25, -0.2) is 0 Å². The van der Waals surface area contributed by atoms with Crippen LogP contribution < -0.4 is 4.74 Å². The standard InChI is InChI=1S/C23H22N4O2S/c1-14(21(28)15-7-11-17(29-2)12-8-15)30-23-26-25-22(27(23)16-9-10-16)19-13-24-20-6-4-3-5-18(19)20/h3-8,11-14,16,24H,9-10H2,1-2H3/t14-/m1/s1. The van der Waals surface area contributed by atoms with Crippen LogP contribution in [0.3, 0.4) is 0 Å². The fourth-order valence-electron chi connectivity index (χ4n) is 3.66. The van der Waals surface area contributed by atoms with Crippen molar-refractivity contribution in [2.24, 2.45) is 0 Å². The molecular weight excluding hydrogens is 396 g/mol.